The first kappa shape index (κ1) is 15.3. The topological polar surface area (TPSA) is 98.0 Å². The van der Waals surface area contributed by atoms with E-state index in [9.17, 15) is 4.21 Å². The molecular formula is C16H13N7OS. The Bertz CT molecular complexity index is 1060. The summed E-state index contributed by atoms with van der Waals surface area (Å²) in [4.78, 5) is 17.1. The maximum absolute atomic E-state index is 11.6. The van der Waals surface area contributed by atoms with Gasteiger partial charge in [0.05, 0.1) is 16.5 Å². The van der Waals surface area contributed by atoms with Gasteiger partial charge in [0, 0.05) is 24.1 Å². The molecule has 0 saturated carbocycles. The van der Waals surface area contributed by atoms with Crippen LogP contribution in [0, 0.1) is 0 Å². The standard InChI is InChI=1S/C16H13N7OS/c1-25(24)16-17-8-7-13(22-16)21-15-20-12(11-5-3-2-4-6-11)9-14-18-10-19-23(14)15/h2-10H,1H3,(H,17,20,21,22). The molecule has 3 heterocycles. The third-order valence-corrected chi connectivity index (χ3v) is 4.18. The van der Waals surface area contributed by atoms with Gasteiger partial charge in [0.15, 0.2) is 5.65 Å². The SMILES string of the molecule is CS(=O)c1nccc(Nc2nc(-c3ccccc3)cc3ncnn23)n1. The maximum Gasteiger partial charge on any atom is 0.232 e. The Hall–Kier alpha value is -3.20. The van der Waals surface area contributed by atoms with E-state index in [-0.39, 0.29) is 5.16 Å². The van der Waals surface area contributed by atoms with Crippen molar-refractivity contribution >= 4 is 28.2 Å². The second kappa shape index (κ2) is 6.36. The number of anilines is 2. The number of aromatic nitrogens is 6. The van der Waals surface area contributed by atoms with Crippen molar-refractivity contribution in [3.8, 4) is 11.3 Å². The Morgan fingerprint density at radius 3 is 2.72 bits per heavy atom. The summed E-state index contributed by atoms with van der Waals surface area (Å²) < 4.78 is 13.2. The first-order chi connectivity index (χ1) is 12.2. The van der Waals surface area contributed by atoms with E-state index in [1.165, 1.54) is 12.6 Å². The monoisotopic (exact) mass is 351 g/mol. The highest BCUT2D eigenvalue weighted by molar-refractivity contribution is 7.84. The van der Waals surface area contributed by atoms with E-state index >= 15 is 0 Å². The van der Waals surface area contributed by atoms with Crippen LogP contribution in [0.5, 0.6) is 0 Å². The van der Waals surface area contributed by atoms with E-state index < -0.39 is 10.8 Å². The van der Waals surface area contributed by atoms with Gasteiger partial charge < -0.3 is 5.32 Å². The molecule has 0 fully saturated rings. The highest BCUT2D eigenvalue weighted by Gasteiger charge is 2.11. The average molecular weight is 351 g/mol. The molecule has 124 valence electrons. The van der Waals surface area contributed by atoms with Gasteiger partial charge in [-0.15, -0.1) is 0 Å². The molecule has 3 aromatic heterocycles. The normalized spacial score (nSPS) is 12.2. The molecule has 0 aliphatic heterocycles. The summed E-state index contributed by atoms with van der Waals surface area (Å²) >= 11 is 0. The fourth-order valence-electron chi connectivity index (χ4n) is 2.33. The second-order valence-corrected chi connectivity index (χ2v) is 6.44. The van der Waals surface area contributed by atoms with E-state index in [0.717, 1.165) is 11.3 Å². The van der Waals surface area contributed by atoms with Crippen LogP contribution in [0.3, 0.4) is 0 Å². The molecule has 0 amide bonds. The third kappa shape index (κ3) is 3.09. The predicted octanol–water partition coefficient (Wildman–Crippen LogP) is 2.06. The van der Waals surface area contributed by atoms with Crippen molar-refractivity contribution in [1.29, 1.82) is 0 Å². The van der Waals surface area contributed by atoms with Crippen molar-refractivity contribution in [3.63, 3.8) is 0 Å². The van der Waals surface area contributed by atoms with Gasteiger partial charge in [-0.05, 0) is 6.07 Å². The summed E-state index contributed by atoms with van der Waals surface area (Å²) in [6, 6.07) is 13.3. The summed E-state index contributed by atoms with van der Waals surface area (Å²) in [7, 11) is -1.27. The van der Waals surface area contributed by atoms with Crippen LogP contribution >= 0.6 is 0 Å². The molecule has 1 unspecified atom stereocenters. The Kier molecular flexibility index (Phi) is 3.90. The summed E-state index contributed by atoms with van der Waals surface area (Å²) in [5, 5.41) is 7.54. The summed E-state index contributed by atoms with van der Waals surface area (Å²) in [6.45, 7) is 0. The van der Waals surface area contributed by atoms with E-state index in [1.807, 2.05) is 36.4 Å². The Labute approximate surface area is 145 Å². The quantitative estimate of drug-likeness (QED) is 0.562. The van der Waals surface area contributed by atoms with Gasteiger partial charge in [-0.25, -0.2) is 19.9 Å². The molecule has 0 bridgehead atoms. The van der Waals surface area contributed by atoms with E-state index in [4.69, 9.17) is 0 Å². The zero-order chi connectivity index (χ0) is 17.2. The van der Waals surface area contributed by atoms with Gasteiger partial charge in [0.25, 0.3) is 0 Å². The van der Waals surface area contributed by atoms with Gasteiger partial charge in [-0.1, -0.05) is 30.3 Å². The smallest absolute Gasteiger partial charge is 0.232 e. The minimum Gasteiger partial charge on any atom is -0.309 e. The number of hydrogen-bond donors (Lipinski definition) is 1. The number of hydrogen-bond acceptors (Lipinski definition) is 7. The van der Waals surface area contributed by atoms with Crippen molar-refractivity contribution in [2.45, 2.75) is 5.16 Å². The number of benzene rings is 1. The minimum absolute atomic E-state index is 0.249. The fraction of sp³-hybridized carbons (Fsp3) is 0.0625. The molecule has 0 radical (unpaired) electrons. The minimum atomic E-state index is -1.27. The van der Waals surface area contributed by atoms with Crippen LogP contribution in [0.1, 0.15) is 0 Å². The molecule has 0 aliphatic carbocycles. The van der Waals surface area contributed by atoms with Crippen molar-refractivity contribution in [3.05, 3.63) is 55.0 Å². The Balaban J connectivity index is 1.80. The lowest BCUT2D eigenvalue weighted by atomic mass is 10.1. The molecule has 9 heteroatoms. The fourth-order valence-corrected chi connectivity index (χ4v) is 2.77. The number of nitrogens with zero attached hydrogens (tertiary/aromatic N) is 6. The molecule has 25 heavy (non-hydrogen) atoms. The first-order valence-electron chi connectivity index (χ1n) is 7.40. The third-order valence-electron chi connectivity index (χ3n) is 3.47. The molecule has 1 atom stereocenters. The van der Waals surface area contributed by atoms with Crippen molar-refractivity contribution in [1.82, 2.24) is 29.5 Å². The molecule has 1 aromatic carbocycles. The van der Waals surface area contributed by atoms with E-state index in [0.29, 0.717) is 17.4 Å². The van der Waals surface area contributed by atoms with Gasteiger partial charge in [-0.3, -0.25) is 4.21 Å². The van der Waals surface area contributed by atoms with Gasteiger partial charge in [0.2, 0.25) is 11.1 Å². The predicted molar refractivity (Wildman–Crippen MR) is 93.9 cm³/mol. The number of nitrogens with one attached hydrogen (secondary N) is 1. The largest absolute Gasteiger partial charge is 0.309 e. The number of rotatable bonds is 4. The molecule has 4 rings (SSSR count). The lowest BCUT2D eigenvalue weighted by Crippen LogP contribution is -2.07. The zero-order valence-corrected chi connectivity index (χ0v) is 14.0. The molecule has 8 nitrogen and oxygen atoms in total. The van der Waals surface area contributed by atoms with Crippen LogP contribution in [-0.2, 0) is 10.8 Å². The Morgan fingerprint density at radius 1 is 1.08 bits per heavy atom. The van der Waals surface area contributed by atoms with Crippen LogP contribution in [0.15, 0.2) is 60.1 Å². The lowest BCUT2D eigenvalue weighted by molar-refractivity contribution is 0.680. The van der Waals surface area contributed by atoms with Crippen LogP contribution in [0.25, 0.3) is 16.9 Å². The summed E-state index contributed by atoms with van der Waals surface area (Å²) in [5.74, 6) is 0.940. The molecule has 4 aromatic rings. The van der Waals surface area contributed by atoms with Crippen molar-refractivity contribution in [2.24, 2.45) is 0 Å². The van der Waals surface area contributed by atoms with Crippen LogP contribution in [0.2, 0.25) is 0 Å². The lowest BCUT2D eigenvalue weighted by Gasteiger charge is -2.09. The molecule has 0 spiro atoms. The van der Waals surface area contributed by atoms with Crippen LogP contribution in [0.4, 0.5) is 11.8 Å². The molecule has 0 aliphatic rings. The van der Waals surface area contributed by atoms with E-state index in [1.54, 1.807) is 16.8 Å². The molecule has 1 N–H and O–H groups in total. The number of fused-ring (bicyclic) bond motifs is 1. The first-order valence-corrected chi connectivity index (χ1v) is 8.96. The van der Waals surface area contributed by atoms with Gasteiger partial charge >= 0.3 is 0 Å². The van der Waals surface area contributed by atoms with Crippen molar-refractivity contribution in [2.75, 3.05) is 11.6 Å². The van der Waals surface area contributed by atoms with Crippen LogP contribution < -0.4 is 5.32 Å². The highest BCUT2D eigenvalue weighted by Crippen LogP contribution is 2.22. The molecular weight excluding hydrogens is 338 g/mol. The second-order valence-electron chi connectivity index (χ2n) is 5.16. The summed E-state index contributed by atoms with van der Waals surface area (Å²) in [5.41, 5.74) is 2.38. The van der Waals surface area contributed by atoms with Gasteiger partial charge in [0.1, 0.15) is 12.1 Å². The zero-order valence-electron chi connectivity index (χ0n) is 13.2. The maximum atomic E-state index is 11.6. The highest BCUT2D eigenvalue weighted by atomic mass is 32.2. The summed E-state index contributed by atoms with van der Waals surface area (Å²) in [6.07, 6.45) is 4.54. The average Bonchev–Trinajstić information content (AvgIpc) is 3.11. The van der Waals surface area contributed by atoms with Gasteiger partial charge in [-0.2, -0.15) is 9.61 Å². The Morgan fingerprint density at radius 2 is 1.92 bits per heavy atom. The van der Waals surface area contributed by atoms with Crippen LogP contribution in [-0.4, -0.2) is 40.0 Å². The van der Waals surface area contributed by atoms with Crippen molar-refractivity contribution < 1.29 is 4.21 Å². The molecule has 0 saturated heterocycles. The van der Waals surface area contributed by atoms with E-state index in [2.05, 4.69) is 30.4 Å².